The third kappa shape index (κ3) is 2.62. The van der Waals surface area contributed by atoms with Crippen molar-refractivity contribution in [3.8, 4) is 0 Å². The van der Waals surface area contributed by atoms with Gasteiger partial charge in [-0.15, -0.1) is 0 Å². The van der Waals surface area contributed by atoms with E-state index in [1.165, 1.54) is 25.7 Å². The van der Waals surface area contributed by atoms with Crippen LogP contribution in [0.3, 0.4) is 0 Å². The van der Waals surface area contributed by atoms with Crippen molar-refractivity contribution in [1.82, 2.24) is 0 Å². The third-order valence-electron chi connectivity index (χ3n) is 3.69. The molecule has 1 fully saturated rings. The Morgan fingerprint density at radius 2 is 2.06 bits per heavy atom. The average Bonchev–Trinajstić information content (AvgIpc) is 2.74. The van der Waals surface area contributed by atoms with Crippen LogP contribution in [-0.2, 0) is 0 Å². The lowest BCUT2D eigenvalue weighted by Crippen LogP contribution is -2.14. The number of halogens is 1. The molecule has 1 atom stereocenters. The second-order valence-electron chi connectivity index (χ2n) is 5.00. The van der Waals surface area contributed by atoms with E-state index in [1.807, 2.05) is 12.1 Å². The Hall–Kier alpha value is -0.890. The smallest absolute Gasteiger partial charge is 0.126 e. The van der Waals surface area contributed by atoms with Crippen molar-refractivity contribution in [3.05, 3.63) is 35.1 Å². The maximum atomic E-state index is 13.4. The van der Waals surface area contributed by atoms with Crippen LogP contribution in [-0.4, -0.2) is 0 Å². The first-order chi connectivity index (χ1) is 7.66. The van der Waals surface area contributed by atoms with Crippen LogP contribution in [0.15, 0.2) is 18.2 Å². The highest BCUT2D eigenvalue weighted by atomic mass is 19.1. The second kappa shape index (κ2) is 4.96. The summed E-state index contributed by atoms with van der Waals surface area (Å²) in [6.07, 6.45) is 6.26. The normalized spacial score (nSPS) is 18.9. The highest BCUT2D eigenvalue weighted by molar-refractivity contribution is 5.25. The molecule has 1 aliphatic carbocycles. The van der Waals surface area contributed by atoms with Crippen LogP contribution in [0.25, 0.3) is 0 Å². The van der Waals surface area contributed by atoms with Gasteiger partial charge in [0, 0.05) is 6.04 Å². The number of rotatable bonds is 3. The summed E-state index contributed by atoms with van der Waals surface area (Å²) in [7, 11) is 0. The van der Waals surface area contributed by atoms with E-state index in [1.54, 1.807) is 13.0 Å². The molecular formula is C14H20FN. The first-order valence-corrected chi connectivity index (χ1v) is 6.18. The van der Waals surface area contributed by atoms with Gasteiger partial charge in [0.15, 0.2) is 0 Å². The van der Waals surface area contributed by atoms with E-state index >= 15 is 0 Å². The zero-order valence-corrected chi connectivity index (χ0v) is 9.88. The number of hydrogen-bond donors (Lipinski definition) is 1. The Morgan fingerprint density at radius 3 is 2.69 bits per heavy atom. The lowest BCUT2D eigenvalue weighted by atomic mass is 9.94. The fourth-order valence-electron chi connectivity index (χ4n) is 2.58. The summed E-state index contributed by atoms with van der Waals surface area (Å²) in [6, 6.07) is 5.37. The molecule has 16 heavy (non-hydrogen) atoms. The molecule has 0 heterocycles. The zero-order valence-electron chi connectivity index (χ0n) is 9.88. The molecule has 0 saturated heterocycles. The second-order valence-corrected chi connectivity index (χ2v) is 5.00. The Bertz CT molecular complexity index is 356. The Balaban J connectivity index is 2.02. The average molecular weight is 221 g/mol. The molecule has 1 aliphatic rings. The van der Waals surface area contributed by atoms with Crippen molar-refractivity contribution in [2.24, 2.45) is 11.7 Å². The molecule has 0 spiro atoms. The molecule has 2 heteroatoms. The zero-order chi connectivity index (χ0) is 11.5. The standard InChI is InChI=1S/C14H20FN/c1-10-6-7-12(9-13(10)15)14(16)8-11-4-2-3-5-11/h6-7,9,11,14H,2-5,8,16H2,1H3. The van der Waals surface area contributed by atoms with Gasteiger partial charge in [0.1, 0.15) is 5.82 Å². The Labute approximate surface area is 96.9 Å². The highest BCUT2D eigenvalue weighted by Crippen LogP contribution is 2.32. The summed E-state index contributed by atoms with van der Waals surface area (Å²) < 4.78 is 13.4. The van der Waals surface area contributed by atoms with Gasteiger partial charge in [-0.2, -0.15) is 0 Å². The van der Waals surface area contributed by atoms with E-state index in [2.05, 4.69) is 0 Å². The van der Waals surface area contributed by atoms with Crippen molar-refractivity contribution in [2.75, 3.05) is 0 Å². The van der Waals surface area contributed by atoms with E-state index in [0.29, 0.717) is 5.56 Å². The van der Waals surface area contributed by atoms with Crippen LogP contribution in [0.5, 0.6) is 0 Å². The van der Waals surface area contributed by atoms with Crippen molar-refractivity contribution in [2.45, 2.75) is 45.1 Å². The molecular weight excluding hydrogens is 201 g/mol. The van der Waals surface area contributed by atoms with Crippen molar-refractivity contribution < 1.29 is 4.39 Å². The number of nitrogens with two attached hydrogens (primary N) is 1. The van der Waals surface area contributed by atoms with Crippen LogP contribution in [0.4, 0.5) is 4.39 Å². The summed E-state index contributed by atoms with van der Waals surface area (Å²) in [5.74, 6) is 0.610. The van der Waals surface area contributed by atoms with E-state index < -0.39 is 0 Å². The van der Waals surface area contributed by atoms with E-state index in [4.69, 9.17) is 5.73 Å². The van der Waals surface area contributed by atoms with Gasteiger partial charge in [0.25, 0.3) is 0 Å². The van der Waals surface area contributed by atoms with E-state index in [0.717, 1.165) is 17.9 Å². The molecule has 88 valence electrons. The third-order valence-corrected chi connectivity index (χ3v) is 3.69. The topological polar surface area (TPSA) is 26.0 Å². The molecule has 0 radical (unpaired) electrons. The van der Waals surface area contributed by atoms with Crippen molar-refractivity contribution >= 4 is 0 Å². The molecule has 0 aliphatic heterocycles. The largest absolute Gasteiger partial charge is 0.324 e. The minimum Gasteiger partial charge on any atom is -0.324 e. The minimum absolute atomic E-state index is 0.00167. The fraction of sp³-hybridized carbons (Fsp3) is 0.571. The lowest BCUT2D eigenvalue weighted by molar-refractivity contribution is 0.449. The van der Waals surface area contributed by atoms with Gasteiger partial charge in [-0.1, -0.05) is 37.8 Å². The maximum absolute atomic E-state index is 13.4. The van der Waals surface area contributed by atoms with Crippen LogP contribution in [0.2, 0.25) is 0 Å². The number of hydrogen-bond acceptors (Lipinski definition) is 1. The summed E-state index contributed by atoms with van der Waals surface area (Å²) >= 11 is 0. The summed E-state index contributed by atoms with van der Waals surface area (Å²) in [5.41, 5.74) is 7.76. The van der Waals surface area contributed by atoms with Gasteiger partial charge in [0.2, 0.25) is 0 Å². The predicted octanol–water partition coefficient (Wildman–Crippen LogP) is 3.71. The van der Waals surface area contributed by atoms with E-state index in [-0.39, 0.29) is 11.9 Å². The lowest BCUT2D eigenvalue weighted by Gasteiger charge is -2.17. The van der Waals surface area contributed by atoms with Gasteiger partial charge < -0.3 is 5.73 Å². The first kappa shape index (κ1) is 11.6. The molecule has 2 rings (SSSR count). The van der Waals surface area contributed by atoms with Gasteiger partial charge in [-0.25, -0.2) is 4.39 Å². The van der Waals surface area contributed by atoms with Crippen molar-refractivity contribution in [1.29, 1.82) is 0 Å². The Morgan fingerprint density at radius 1 is 1.38 bits per heavy atom. The number of aryl methyl sites for hydroxylation is 1. The van der Waals surface area contributed by atoms with E-state index in [9.17, 15) is 4.39 Å². The molecule has 0 aromatic heterocycles. The van der Waals surface area contributed by atoms with Crippen LogP contribution in [0.1, 0.15) is 49.3 Å². The molecule has 2 N–H and O–H groups in total. The molecule has 1 aromatic rings. The molecule has 1 unspecified atom stereocenters. The van der Waals surface area contributed by atoms with Crippen LogP contribution in [0, 0.1) is 18.7 Å². The highest BCUT2D eigenvalue weighted by Gasteiger charge is 2.19. The van der Waals surface area contributed by atoms with Gasteiger partial charge >= 0.3 is 0 Å². The Kier molecular flexibility index (Phi) is 3.59. The molecule has 1 nitrogen and oxygen atoms in total. The minimum atomic E-state index is -0.139. The molecule has 0 bridgehead atoms. The predicted molar refractivity (Wildman–Crippen MR) is 64.6 cm³/mol. The van der Waals surface area contributed by atoms with Crippen LogP contribution < -0.4 is 5.73 Å². The maximum Gasteiger partial charge on any atom is 0.126 e. The molecule has 0 amide bonds. The monoisotopic (exact) mass is 221 g/mol. The van der Waals surface area contributed by atoms with Crippen LogP contribution >= 0.6 is 0 Å². The number of benzene rings is 1. The molecule has 1 saturated carbocycles. The fourth-order valence-corrected chi connectivity index (χ4v) is 2.58. The van der Waals surface area contributed by atoms with Gasteiger partial charge in [-0.3, -0.25) is 0 Å². The first-order valence-electron chi connectivity index (χ1n) is 6.18. The summed E-state index contributed by atoms with van der Waals surface area (Å²) in [5, 5.41) is 0. The van der Waals surface area contributed by atoms with Gasteiger partial charge in [-0.05, 0) is 36.5 Å². The summed E-state index contributed by atoms with van der Waals surface area (Å²) in [6.45, 7) is 1.78. The van der Waals surface area contributed by atoms with Gasteiger partial charge in [0.05, 0.1) is 0 Å². The SMILES string of the molecule is Cc1ccc(C(N)CC2CCCC2)cc1F. The molecule has 1 aromatic carbocycles. The quantitative estimate of drug-likeness (QED) is 0.827. The van der Waals surface area contributed by atoms with Crippen molar-refractivity contribution in [3.63, 3.8) is 0 Å². The summed E-state index contributed by atoms with van der Waals surface area (Å²) in [4.78, 5) is 0.